The summed E-state index contributed by atoms with van der Waals surface area (Å²) in [4.78, 5) is 38.5. The summed E-state index contributed by atoms with van der Waals surface area (Å²) < 4.78 is 11.6. The molecule has 6 heteroatoms. The van der Waals surface area contributed by atoms with Crippen LogP contribution in [-0.2, 0) is 14.3 Å². The molecule has 2 unspecified atom stereocenters. The summed E-state index contributed by atoms with van der Waals surface area (Å²) >= 11 is 0. The second-order valence-corrected chi connectivity index (χ2v) is 8.80. The van der Waals surface area contributed by atoms with E-state index in [1.807, 2.05) is 0 Å². The highest BCUT2D eigenvalue weighted by molar-refractivity contribution is 6.26. The smallest absolute Gasteiger partial charge is 0.333 e. The van der Waals surface area contributed by atoms with Crippen molar-refractivity contribution in [2.75, 3.05) is 0 Å². The molecule has 2 aliphatic rings. The Morgan fingerprint density at radius 3 is 2.52 bits per heavy atom. The first-order valence-electron chi connectivity index (χ1n) is 10.3. The highest BCUT2D eigenvalue weighted by atomic mass is 16.6. The topological polar surface area (TPSA) is 89.9 Å². The van der Waals surface area contributed by atoms with Crippen LogP contribution in [0, 0.1) is 0 Å². The van der Waals surface area contributed by atoms with Crippen molar-refractivity contribution < 1.29 is 29.0 Å². The first-order chi connectivity index (χ1) is 14.5. The molecular weight excluding hydrogens is 396 g/mol. The molecule has 0 fully saturated rings. The number of hydrogen-bond acceptors (Lipinski definition) is 6. The lowest BCUT2D eigenvalue weighted by Gasteiger charge is -2.40. The number of carbonyl (C=O) groups is 3. The predicted molar refractivity (Wildman–Crippen MR) is 116 cm³/mol. The van der Waals surface area contributed by atoms with Crippen molar-refractivity contribution in [1.29, 1.82) is 0 Å². The Morgan fingerprint density at radius 1 is 1.29 bits per heavy atom. The van der Waals surface area contributed by atoms with Gasteiger partial charge in [0.25, 0.3) is 0 Å². The maximum Gasteiger partial charge on any atom is 0.333 e. The van der Waals surface area contributed by atoms with Gasteiger partial charge in [-0.15, -0.1) is 6.58 Å². The molecule has 0 radical (unpaired) electrons. The molecule has 1 aliphatic carbocycles. The normalized spacial score (nSPS) is 22.1. The van der Waals surface area contributed by atoms with Crippen molar-refractivity contribution in [3.8, 4) is 0 Å². The number of benzene rings is 1. The molecule has 1 N–H and O–H groups in total. The Balaban J connectivity index is 1.77. The Morgan fingerprint density at radius 2 is 1.90 bits per heavy atom. The standard InChI is InChI=1S/C25H28O6/c1-6-25(5,29)13-9-10-15(2)23(28)30-19-14-18-20(26)16-11-7-8-12-17(16)21(27)22(18)31-24(19,3)4/h6-8,10-12,19,29H,1,9,13-14H2,2-5H3. The zero-order valence-corrected chi connectivity index (χ0v) is 18.4. The van der Waals surface area contributed by atoms with Crippen molar-refractivity contribution in [2.45, 2.75) is 64.3 Å². The van der Waals surface area contributed by atoms with Crippen LogP contribution in [0.15, 0.2) is 59.9 Å². The summed E-state index contributed by atoms with van der Waals surface area (Å²) in [6, 6.07) is 6.64. The van der Waals surface area contributed by atoms with Gasteiger partial charge in [-0.25, -0.2) is 4.79 Å². The van der Waals surface area contributed by atoms with Gasteiger partial charge in [-0.1, -0.05) is 36.4 Å². The van der Waals surface area contributed by atoms with Gasteiger partial charge in [0.15, 0.2) is 11.5 Å². The van der Waals surface area contributed by atoms with E-state index in [2.05, 4.69) is 6.58 Å². The van der Waals surface area contributed by atoms with E-state index in [4.69, 9.17) is 9.47 Å². The Bertz CT molecular complexity index is 1010. The van der Waals surface area contributed by atoms with Gasteiger partial charge in [-0.05, 0) is 40.5 Å². The van der Waals surface area contributed by atoms with Gasteiger partial charge in [0, 0.05) is 23.1 Å². The van der Waals surface area contributed by atoms with Crippen LogP contribution < -0.4 is 0 Å². The first-order valence-corrected chi connectivity index (χ1v) is 10.3. The molecule has 31 heavy (non-hydrogen) atoms. The minimum Gasteiger partial charge on any atom is -0.479 e. The van der Waals surface area contributed by atoms with Crippen molar-refractivity contribution in [3.05, 3.63) is 71.0 Å². The summed E-state index contributed by atoms with van der Waals surface area (Å²) in [7, 11) is 0. The van der Waals surface area contributed by atoms with E-state index in [0.29, 0.717) is 29.5 Å². The number of carbonyl (C=O) groups excluding carboxylic acids is 3. The first kappa shape index (κ1) is 22.7. The highest BCUT2D eigenvalue weighted by Gasteiger charge is 2.47. The summed E-state index contributed by atoms with van der Waals surface area (Å²) in [6.45, 7) is 10.3. The van der Waals surface area contributed by atoms with E-state index in [0.717, 1.165) is 0 Å². The maximum atomic E-state index is 13.0. The van der Waals surface area contributed by atoms with E-state index < -0.39 is 23.3 Å². The van der Waals surface area contributed by atoms with Crippen LogP contribution in [0.4, 0.5) is 0 Å². The fourth-order valence-corrected chi connectivity index (χ4v) is 3.63. The van der Waals surface area contributed by atoms with Crippen LogP contribution in [0.3, 0.4) is 0 Å². The number of hydrogen-bond donors (Lipinski definition) is 1. The maximum absolute atomic E-state index is 13.0. The van der Waals surface area contributed by atoms with Crippen LogP contribution in [0.25, 0.3) is 0 Å². The fourth-order valence-electron chi connectivity index (χ4n) is 3.63. The summed E-state index contributed by atoms with van der Waals surface area (Å²) in [5.74, 6) is -1.09. The van der Waals surface area contributed by atoms with E-state index in [-0.39, 0.29) is 29.3 Å². The second-order valence-electron chi connectivity index (χ2n) is 8.80. The minimum absolute atomic E-state index is 0.0416. The Kier molecular flexibility index (Phi) is 6.05. The van der Waals surface area contributed by atoms with Crippen LogP contribution in [0.2, 0.25) is 0 Å². The third-order valence-corrected chi connectivity index (χ3v) is 5.81. The zero-order valence-electron chi connectivity index (χ0n) is 18.4. The number of allylic oxidation sites excluding steroid dienone is 2. The van der Waals surface area contributed by atoms with E-state index in [9.17, 15) is 19.5 Å². The van der Waals surface area contributed by atoms with Gasteiger partial charge in [-0.2, -0.15) is 0 Å². The number of ether oxygens (including phenoxy) is 2. The monoisotopic (exact) mass is 424 g/mol. The van der Waals surface area contributed by atoms with Crippen molar-refractivity contribution in [1.82, 2.24) is 0 Å². The minimum atomic E-state index is -1.01. The second kappa shape index (κ2) is 8.27. The van der Waals surface area contributed by atoms with Gasteiger partial charge in [0.2, 0.25) is 5.78 Å². The van der Waals surface area contributed by atoms with Crippen LogP contribution in [-0.4, -0.2) is 39.9 Å². The molecule has 0 bridgehead atoms. The number of Topliss-reactive ketones (excluding diaryl/α,β-unsaturated/α-hetero) is 2. The molecule has 1 heterocycles. The number of esters is 1. The quantitative estimate of drug-likeness (QED) is 0.420. The molecule has 0 amide bonds. The molecule has 0 saturated carbocycles. The van der Waals surface area contributed by atoms with Gasteiger partial charge >= 0.3 is 5.97 Å². The number of ketones is 2. The molecule has 0 saturated heterocycles. The van der Waals surface area contributed by atoms with Gasteiger partial charge in [-0.3, -0.25) is 9.59 Å². The number of rotatable bonds is 6. The van der Waals surface area contributed by atoms with E-state index >= 15 is 0 Å². The Hall–Kier alpha value is -2.99. The molecule has 6 nitrogen and oxygen atoms in total. The molecule has 3 rings (SSSR count). The third kappa shape index (κ3) is 4.54. The van der Waals surface area contributed by atoms with Crippen LogP contribution in [0.1, 0.15) is 67.7 Å². The summed E-state index contributed by atoms with van der Waals surface area (Å²) in [5.41, 5.74) is -0.691. The molecule has 1 aromatic carbocycles. The lowest BCUT2D eigenvalue weighted by molar-refractivity contribution is -0.161. The fraction of sp³-hybridized carbons (Fsp3) is 0.400. The molecule has 1 aromatic rings. The van der Waals surface area contributed by atoms with Crippen molar-refractivity contribution in [3.63, 3.8) is 0 Å². The van der Waals surface area contributed by atoms with Crippen LogP contribution in [0.5, 0.6) is 0 Å². The summed E-state index contributed by atoms with van der Waals surface area (Å²) in [6.07, 6.45) is 3.43. The van der Waals surface area contributed by atoms with Crippen LogP contribution >= 0.6 is 0 Å². The van der Waals surface area contributed by atoms with E-state index in [1.54, 1.807) is 58.0 Å². The van der Waals surface area contributed by atoms with Crippen molar-refractivity contribution in [2.24, 2.45) is 0 Å². The molecule has 164 valence electrons. The zero-order chi connectivity index (χ0) is 23.0. The lowest BCUT2D eigenvalue weighted by Crippen LogP contribution is -2.48. The van der Waals surface area contributed by atoms with Gasteiger partial charge < -0.3 is 14.6 Å². The van der Waals surface area contributed by atoms with E-state index in [1.165, 1.54) is 6.08 Å². The molecule has 1 aliphatic heterocycles. The van der Waals surface area contributed by atoms with Crippen molar-refractivity contribution >= 4 is 17.5 Å². The Labute approximate surface area is 182 Å². The number of fused-ring (bicyclic) bond motifs is 1. The molecule has 0 spiro atoms. The average molecular weight is 424 g/mol. The van der Waals surface area contributed by atoms with Gasteiger partial charge in [0.05, 0.1) is 11.2 Å². The third-order valence-electron chi connectivity index (χ3n) is 5.81. The molecule has 0 aromatic heterocycles. The number of aliphatic hydroxyl groups is 1. The largest absolute Gasteiger partial charge is 0.479 e. The van der Waals surface area contributed by atoms with Gasteiger partial charge in [0.1, 0.15) is 11.7 Å². The SMILES string of the molecule is C=CC(C)(O)CCC=C(C)C(=O)OC1CC2=C(OC1(C)C)C(=O)c1ccccc1C2=O. The lowest BCUT2D eigenvalue weighted by atomic mass is 9.81. The molecule has 2 atom stereocenters. The summed E-state index contributed by atoms with van der Waals surface area (Å²) in [5, 5.41) is 9.99. The highest BCUT2D eigenvalue weighted by Crippen LogP contribution is 2.40. The predicted octanol–water partition coefficient (Wildman–Crippen LogP) is 4.09. The average Bonchev–Trinajstić information content (AvgIpc) is 2.72. The molecular formula is C25H28O6.